The minimum atomic E-state index is -0.562. The summed E-state index contributed by atoms with van der Waals surface area (Å²) in [6.45, 7) is 11.4. The third-order valence-corrected chi connectivity index (χ3v) is 3.33. The van der Waals surface area contributed by atoms with Gasteiger partial charge in [0.1, 0.15) is 11.2 Å². The average Bonchev–Trinajstić information content (AvgIpc) is 2.33. The second kappa shape index (κ2) is 6.86. The van der Waals surface area contributed by atoms with Crippen molar-refractivity contribution in [3.63, 3.8) is 0 Å². The van der Waals surface area contributed by atoms with Gasteiger partial charge in [-0.3, -0.25) is 4.79 Å². The number of carbonyl (C=O) groups is 2. The lowest BCUT2D eigenvalue weighted by Gasteiger charge is -2.38. The van der Waals surface area contributed by atoms with Crippen LogP contribution in [0, 0.1) is 11.8 Å². The Morgan fingerprint density at radius 1 is 1.09 bits per heavy atom. The second-order valence-electron chi connectivity index (χ2n) is 7.80. The van der Waals surface area contributed by atoms with Crippen molar-refractivity contribution in [2.24, 2.45) is 11.8 Å². The largest absolute Gasteiger partial charge is 0.460 e. The number of aliphatic hydroxyl groups excluding tert-OH is 1. The maximum absolute atomic E-state index is 12.2. The molecule has 0 bridgehead atoms. The maximum Gasteiger partial charge on any atom is 0.410 e. The van der Waals surface area contributed by atoms with Crippen LogP contribution in [0.1, 0.15) is 48.0 Å². The zero-order valence-electron chi connectivity index (χ0n) is 14.5. The maximum atomic E-state index is 12.2. The van der Waals surface area contributed by atoms with E-state index in [1.807, 2.05) is 41.5 Å². The molecule has 0 unspecified atom stereocenters. The zero-order chi connectivity index (χ0) is 17.1. The number of amides is 1. The molecule has 1 N–H and O–H groups in total. The molecule has 1 rings (SSSR count). The number of hydrogen-bond donors (Lipinski definition) is 1. The van der Waals surface area contributed by atoms with Gasteiger partial charge in [-0.2, -0.15) is 0 Å². The lowest BCUT2D eigenvalue weighted by molar-refractivity contribution is -0.165. The summed E-state index contributed by atoms with van der Waals surface area (Å²) in [6.07, 6.45) is 0.0629. The number of esters is 1. The highest BCUT2D eigenvalue weighted by Crippen LogP contribution is 2.27. The van der Waals surface area contributed by atoms with Gasteiger partial charge >= 0.3 is 12.1 Å². The molecule has 6 heteroatoms. The lowest BCUT2D eigenvalue weighted by Crippen LogP contribution is -2.49. The van der Waals surface area contributed by atoms with Gasteiger partial charge in [-0.15, -0.1) is 0 Å². The molecule has 2 atom stereocenters. The fourth-order valence-electron chi connectivity index (χ4n) is 2.40. The molecule has 0 spiro atoms. The van der Waals surface area contributed by atoms with Gasteiger partial charge in [0.15, 0.2) is 0 Å². The number of aliphatic hydroxyl groups is 1. The Bertz CT molecular complexity index is 408. The molecule has 0 aromatic rings. The monoisotopic (exact) mass is 315 g/mol. The average molecular weight is 315 g/mol. The third-order valence-electron chi connectivity index (χ3n) is 3.33. The van der Waals surface area contributed by atoms with Crippen molar-refractivity contribution >= 4 is 12.1 Å². The Morgan fingerprint density at radius 3 is 2.09 bits per heavy atom. The van der Waals surface area contributed by atoms with Gasteiger partial charge < -0.3 is 19.5 Å². The molecular formula is C16H29NO5. The third kappa shape index (κ3) is 5.83. The number of likely N-dealkylation sites (tertiary alicyclic amines) is 1. The Balaban J connectivity index is 2.68. The van der Waals surface area contributed by atoms with Crippen molar-refractivity contribution in [1.82, 2.24) is 4.90 Å². The summed E-state index contributed by atoms with van der Waals surface area (Å²) in [5.74, 6) is -1.02. The van der Waals surface area contributed by atoms with Gasteiger partial charge in [-0.25, -0.2) is 4.79 Å². The van der Waals surface area contributed by atoms with Crippen LogP contribution >= 0.6 is 0 Å². The van der Waals surface area contributed by atoms with E-state index in [9.17, 15) is 14.7 Å². The SMILES string of the molecule is CC(C)(C)OC(=O)[C@H]1CCN(C(=O)OC(C)(C)C)C[C@@H]1CO. The molecule has 0 aromatic carbocycles. The van der Waals surface area contributed by atoms with Gasteiger partial charge in [-0.05, 0) is 48.0 Å². The number of nitrogens with zero attached hydrogens (tertiary/aromatic N) is 1. The smallest absolute Gasteiger partial charge is 0.410 e. The molecule has 1 aliphatic heterocycles. The molecule has 1 fully saturated rings. The van der Waals surface area contributed by atoms with E-state index in [1.54, 1.807) is 4.90 Å². The first-order chi connectivity index (χ1) is 9.93. The van der Waals surface area contributed by atoms with Crippen LogP contribution in [0.3, 0.4) is 0 Å². The van der Waals surface area contributed by atoms with Crippen LogP contribution in [0.4, 0.5) is 4.79 Å². The van der Waals surface area contributed by atoms with Crippen LogP contribution in [-0.4, -0.2) is 53.0 Å². The van der Waals surface area contributed by atoms with Crippen molar-refractivity contribution in [1.29, 1.82) is 0 Å². The molecule has 1 heterocycles. The van der Waals surface area contributed by atoms with Gasteiger partial charge in [0.2, 0.25) is 0 Å². The molecular weight excluding hydrogens is 286 g/mol. The molecule has 0 radical (unpaired) electrons. The lowest BCUT2D eigenvalue weighted by atomic mass is 9.86. The number of carbonyl (C=O) groups excluding carboxylic acids is 2. The first kappa shape index (κ1) is 18.7. The summed E-state index contributed by atoms with van der Waals surface area (Å²) in [4.78, 5) is 25.9. The number of piperidine rings is 1. The molecule has 6 nitrogen and oxygen atoms in total. The Hall–Kier alpha value is -1.30. The van der Waals surface area contributed by atoms with Crippen LogP contribution in [0.25, 0.3) is 0 Å². The number of ether oxygens (including phenoxy) is 2. The van der Waals surface area contributed by atoms with Gasteiger partial charge in [-0.1, -0.05) is 0 Å². The second-order valence-corrected chi connectivity index (χ2v) is 7.80. The Morgan fingerprint density at radius 2 is 1.64 bits per heavy atom. The van der Waals surface area contributed by atoms with E-state index < -0.39 is 17.3 Å². The van der Waals surface area contributed by atoms with E-state index in [4.69, 9.17) is 9.47 Å². The standard InChI is InChI=1S/C16H29NO5/c1-15(2,3)21-13(19)12-7-8-17(9-11(12)10-18)14(20)22-16(4,5)6/h11-12,18H,7-10H2,1-6H3/t11-,12+/m1/s1. The first-order valence-corrected chi connectivity index (χ1v) is 7.74. The van der Waals surface area contributed by atoms with E-state index in [2.05, 4.69) is 0 Å². The van der Waals surface area contributed by atoms with E-state index in [1.165, 1.54) is 0 Å². The topological polar surface area (TPSA) is 76.1 Å². The summed E-state index contributed by atoms with van der Waals surface area (Å²) in [6, 6.07) is 0. The van der Waals surface area contributed by atoms with E-state index in [0.717, 1.165) is 0 Å². The van der Waals surface area contributed by atoms with Gasteiger partial charge in [0.25, 0.3) is 0 Å². The minimum absolute atomic E-state index is 0.163. The van der Waals surface area contributed by atoms with Crippen molar-refractivity contribution in [3.8, 4) is 0 Å². The van der Waals surface area contributed by atoms with Crippen molar-refractivity contribution in [3.05, 3.63) is 0 Å². The number of hydrogen-bond acceptors (Lipinski definition) is 5. The van der Waals surface area contributed by atoms with E-state index >= 15 is 0 Å². The first-order valence-electron chi connectivity index (χ1n) is 7.74. The Kier molecular flexibility index (Phi) is 5.84. The molecule has 22 heavy (non-hydrogen) atoms. The van der Waals surface area contributed by atoms with Crippen LogP contribution < -0.4 is 0 Å². The minimum Gasteiger partial charge on any atom is -0.460 e. The zero-order valence-corrected chi connectivity index (χ0v) is 14.5. The molecule has 1 aliphatic rings. The highest BCUT2D eigenvalue weighted by atomic mass is 16.6. The van der Waals surface area contributed by atoms with Crippen molar-refractivity contribution < 1.29 is 24.2 Å². The van der Waals surface area contributed by atoms with Crippen molar-refractivity contribution in [2.45, 2.75) is 59.2 Å². The van der Waals surface area contributed by atoms with E-state index in [-0.39, 0.29) is 24.4 Å². The summed E-state index contributed by atoms with van der Waals surface area (Å²) in [5.41, 5.74) is -1.12. The summed E-state index contributed by atoms with van der Waals surface area (Å²) < 4.78 is 10.7. The molecule has 0 saturated carbocycles. The molecule has 0 aliphatic carbocycles. The summed E-state index contributed by atoms with van der Waals surface area (Å²) in [5, 5.41) is 9.55. The van der Waals surface area contributed by atoms with Crippen LogP contribution in [0.15, 0.2) is 0 Å². The van der Waals surface area contributed by atoms with E-state index in [0.29, 0.717) is 19.5 Å². The molecule has 1 saturated heterocycles. The van der Waals surface area contributed by atoms with Gasteiger partial charge in [0.05, 0.1) is 5.92 Å². The normalized spacial score (nSPS) is 23.1. The molecule has 1 amide bonds. The molecule has 0 aromatic heterocycles. The summed E-state index contributed by atoms with van der Waals surface area (Å²) in [7, 11) is 0. The van der Waals surface area contributed by atoms with Crippen LogP contribution in [0.5, 0.6) is 0 Å². The van der Waals surface area contributed by atoms with Crippen molar-refractivity contribution in [2.75, 3.05) is 19.7 Å². The predicted molar refractivity (Wildman–Crippen MR) is 82.3 cm³/mol. The van der Waals surface area contributed by atoms with Crippen LogP contribution in [-0.2, 0) is 14.3 Å². The Labute approximate surface area is 132 Å². The fraction of sp³-hybridized carbons (Fsp3) is 0.875. The van der Waals surface area contributed by atoms with Gasteiger partial charge in [0, 0.05) is 25.6 Å². The highest BCUT2D eigenvalue weighted by Gasteiger charge is 2.38. The van der Waals surface area contributed by atoms with Crippen LogP contribution in [0.2, 0.25) is 0 Å². The highest BCUT2D eigenvalue weighted by molar-refractivity contribution is 5.74. The predicted octanol–water partition coefficient (Wildman–Crippen LogP) is 2.19. The number of rotatable bonds is 2. The quantitative estimate of drug-likeness (QED) is 0.791. The summed E-state index contributed by atoms with van der Waals surface area (Å²) >= 11 is 0. The fourth-order valence-corrected chi connectivity index (χ4v) is 2.40. The molecule has 128 valence electrons.